The molecule has 0 saturated carbocycles. The number of ether oxygens (including phenoxy) is 1. The first-order valence-electron chi connectivity index (χ1n) is 6.26. The maximum atomic E-state index is 11.9. The molecule has 4 nitrogen and oxygen atoms in total. The van der Waals surface area contributed by atoms with Gasteiger partial charge in [-0.2, -0.15) is 0 Å². The molecule has 2 unspecified atom stereocenters. The Morgan fingerprint density at radius 2 is 2.00 bits per heavy atom. The number of hydrogen-bond acceptors (Lipinski definition) is 3. The molecule has 1 aromatic carbocycles. The Hall–Kier alpha value is -1.55. The zero-order valence-corrected chi connectivity index (χ0v) is 11.3. The summed E-state index contributed by atoms with van der Waals surface area (Å²) < 4.78 is 5.10. The fourth-order valence-electron chi connectivity index (χ4n) is 1.77. The highest BCUT2D eigenvalue weighted by Crippen LogP contribution is 2.17. The monoisotopic (exact) mass is 250 g/mol. The lowest BCUT2D eigenvalue weighted by Gasteiger charge is -2.18. The zero-order valence-electron chi connectivity index (χ0n) is 11.3. The third-order valence-electron chi connectivity index (χ3n) is 3.12. The third kappa shape index (κ3) is 3.74. The highest BCUT2D eigenvalue weighted by atomic mass is 16.5. The van der Waals surface area contributed by atoms with Crippen LogP contribution in [-0.2, 0) is 4.79 Å². The molecule has 3 N–H and O–H groups in total. The van der Waals surface area contributed by atoms with E-state index in [9.17, 15) is 4.79 Å². The Morgan fingerprint density at radius 1 is 1.39 bits per heavy atom. The minimum atomic E-state index is -0.106. The van der Waals surface area contributed by atoms with E-state index in [0.29, 0.717) is 6.54 Å². The Balaban J connectivity index is 2.63. The normalized spacial score (nSPS) is 13.8. The SMILES string of the molecule is CCC(CN)C(=O)NC(C)c1ccc(OC)cc1. The average Bonchev–Trinajstić information content (AvgIpc) is 2.40. The Morgan fingerprint density at radius 3 is 2.44 bits per heavy atom. The average molecular weight is 250 g/mol. The van der Waals surface area contributed by atoms with Crippen LogP contribution in [-0.4, -0.2) is 19.6 Å². The van der Waals surface area contributed by atoms with Gasteiger partial charge in [0.25, 0.3) is 0 Å². The van der Waals surface area contributed by atoms with Crippen LogP contribution in [0.2, 0.25) is 0 Å². The molecule has 0 aliphatic heterocycles. The van der Waals surface area contributed by atoms with Crippen molar-refractivity contribution in [3.05, 3.63) is 29.8 Å². The van der Waals surface area contributed by atoms with E-state index in [1.54, 1.807) is 7.11 Å². The number of carbonyl (C=O) groups excluding carboxylic acids is 1. The number of amides is 1. The van der Waals surface area contributed by atoms with Crippen molar-refractivity contribution in [2.45, 2.75) is 26.3 Å². The predicted octanol–water partition coefficient (Wildman–Crippen LogP) is 1.86. The lowest BCUT2D eigenvalue weighted by Crippen LogP contribution is -2.36. The van der Waals surface area contributed by atoms with Crippen LogP contribution >= 0.6 is 0 Å². The maximum absolute atomic E-state index is 11.9. The summed E-state index contributed by atoms with van der Waals surface area (Å²) in [5.41, 5.74) is 6.61. The van der Waals surface area contributed by atoms with Gasteiger partial charge in [-0.3, -0.25) is 4.79 Å². The predicted molar refractivity (Wildman–Crippen MR) is 72.4 cm³/mol. The second-order valence-electron chi connectivity index (χ2n) is 4.34. The van der Waals surface area contributed by atoms with Crippen LogP contribution in [0.4, 0.5) is 0 Å². The van der Waals surface area contributed by atoms with E-state index < -0.39 is 0 Å². The standard InChI is InChI=1S/C14H22N2O2/c1-4-11(9-15)14(17)16-10(2)12-5-7-13(18-3)8-6-12/h5-8,10-11H,4,9,15H2,1-3H3,(H,16,17). The molecule has 0 heterocycles. The van der Waals surface area contributed by atoms with E-state index >= 15 is 0 Å². The van der Waals surface area contributed by atoms with Crippen molar-refractivity contribution in [3.63, 3.8) is 0 Å². The first kappa shape index (κ1) is 14.5. The van der Waals surface area contributed by atoms with Crippen LogP contribution in [0.25, 0.3) is 0 Å². The number of methoxy groups -OCH3 is 1. The Bertz CT molecular complexity index is 372. The first-order valence-corrected chi connectivity index (χ1v) is 6.26. The number of nitrogens with two attached hydrogens (primary N) is 1. The summed E-state index contributed by atoms with van der Waals surface area (Å²) in [6.07, 6.45) is 0.762. The van der Waals surface area contributed by atoms with Crippen molar-refractivity contribution < 1.29 is 9.53 Å². The summed E-state index contributed by atoms with van der Waals surface area (Å²) in [5, 5.41) is 2.98. The summed E-state index contributed by atoms with van der Waals surface area (Å²) in [6, 6.07) is 7.65. The van der Waals surface area contributed by atoms with Gasteiger partial charge in [-0.1, -0.05) is 19.1 Å². The second kappa shape index (κ2) is 7.01. The summed E-state index contributed by atoms with van der Waals surface area (Å²) in [5.74, 6) is 0.722. The van der Waals surface area contributed by atoms with Crippen molar-refractivity contribution >= 4 is 5.91 Å². The van der Waals surface area contributed by atoms with Gasteiger partial charge < -0.3 is 15.8 Å². The van der Waals surface area contributed by atoms with Crippen LogP contribution in [0.1, 0.15) is 31.9 Å². The number of nitrogens with one attached hydrogen (secondary N) is 1. The molecule has 18 heavy (non-hydrogen) atoms. The van der Waals surface area contributed by atoms with Gasteiger partial charge in [0.15, 0.2) is 0 Å². The smallest absolute Gasteiger partial charge is 0.224 e. The molecule has 0 fully saturated rings. The number of hydrogen-bond donors (Lipinski definition) is 2. The van der Waals surface area contributed by atoms with E-state index in [1.165, 1.54) is 0 Å². The molecule has 0 aliphatic rings. The largest absolute Gasteiger partial charge is 0.497 e. The molecule has 0 spiro atoms. The van der Waals surface area contributed by atoms with E-state index in [-0.39, 0.29) is 17.9 Å². The van der Waals surface area contributed by atoms with E-state index in [0.717, 1.165) is 17.7 Å². The fraction of sp³-hybridized carbons (Fsp3) is 0.500. The minimum Gasteiger partial charge on any atom is -0.497 e. The minimum absolute atomic E-state index is 0.0170. The van der Waals surface area contributed by atoms with Gasteiger partial charge in [0.1, 0.15) is 5.75 Å². The van der Waals surface area contributed by atoms with Gasteiger partial charge in [0, 0.05) is 12.5 Å². The van der Waals surface area contributed by atoms with Crippen LogP contribution in [0.15, 0.2) is 24.3 Å². The molecule has 1 amide bonds. The summed E-state index contributed by atoms with van der Waals surface area (Å²) in [6.45, 7) is 4.32. The molecule has 0 aliphatic carbocycles. The van der Waals surface area contributed by atoms with Crippen LogP contribution in [0.3, 0.4) is 0 Å². The topological polar surface area (TPSA) is 64.4 Å². The summed E-state index contributed by atoms with van der Waals surface area (Å²) in [7, 11) is 1.63. The van der Waals surface area contributed by atoms with Crippen molar-refractivity contribution in [2.24, 2.45) is 11.7 Å². The summed E-state index contributed by atoms with van der Waals surface area (Å²) in [4.78, 5) is 11.9. The molecule has 100 valence electrons. The lowest BCUT2D eigenvalue weighted by atomic mass is 10.0. The molecule has 0 aromatic heterocycles. The molecule has 1 aromatic rings. The highest BCUT2D eigenvalue weighted by molar-refractivity contribution is 5.79. The van der Waals surface area contributed by atoms with Gasteiger partial charge in [-0.05, 0) is 31.0 Å². The van der Waals surface area contributed by atoms with Crippen molar-refractivity contribution in [2.75, 3.05) is 13.7 Å². The molecule has 4 heteroatoms. The molecule has 2 atom stereocenters. The molecular formula is C14H22N2O2. The van der Waals surface area contributed by atoms with Crippen LogP contribution in [0, 0.1) is 5.92 Å². The van der Waals surface area contributed by atoms with E-state index in [4.69, 9.17) is 10.5 Å². The van der Waals surface area contributed by atoms with Gasteiger partial charge in [0.05, 0.1) is 13.2 Å². The van der Waals surface area contributed by atoms with Gasteiger partial charge >= 0.3 is 0 Å². The molecule has 0 bridgehead atoms. The van der Waals surface area contributed by atoms with Gasteiger partial charge in [-0.15, -0.1) is 0 Å². The Kier molecular flexibility index (Phi) is 5.65. The Labute approximate surface area is 109 Å². The molecule has 0 saturated heterocycles. The van der Waals surface area contributed by atoms with E-state index in [1.807, 2.05) is 38.1 Å². The van der Waals surface area contributed by atoms with Crippen LogP contribution in [0.5, 0.6) is 5.75 Å². The molecule has 0 radical (unpaired) electrons. The van der Waals surface area contributed by atoms with Crippen LogP contribution < -0.4 is 15.8 Å². The van der Waals surface area contributed by atoms with Gasteiger partial charge in [-0.25, -0.2) is 0 Å². The maximum Gasteiger partial charge on any atom is 0.224 e. The quantitative estimate of drug-likeness (QED) is 0.810. The zero-order chi connectivity index (χ0) is 13.5. The number of benzene rings is 1. The van der Waals surface area contributed by atoms with Gasteiger partial charge in [0.2, 0.25) is 5.91 Å². The van der Waals surface area contributed by atoms with E-state index in [2.05, 4.69) is 5.32 Å². The van der Waals surface area contributed by atoms with Crippen molar-refractivity contribution in [1.82, 2.24) is 5.32 Å². The highest BCUT2D eigenvalue weighted by Gasteiger charge is 2.17. The van der Waals surface area contributed by atoms with Crippen molar-refractivity contribution in [3.8, 4) is 5.75 Å². The molecule has 1 rings (SSSR count). The third-order valence-corrected chi connectivity index (χ3v) is 3.12. The first-order chi connectivity index (χ1) is 8.62. The number of rotatable bonds is 6. The molecular weight excluding hydrogens is 228 g/mol. The lowest BCUT2D eigenvalue weighted by molar-refractivity contribution is -0.125. The fourth-order valence-corrected chi connectivity index (χ4v) is 1.77. The summed E-state index contributed by atoms with van der Waals surface area (Å²) >= 11 is 0. The van der Waals surface area contributed by atoms with Crippen molar-refractivity contribution in [1.29, 1.82) is 0 Å². The number of carbonyl (C=O) groups is 1. The second-order valence-corrected chi connectivity index (χ2v) is 4.34.